The molecule has 1 unspecified atom stereocenters. The molecular weight excluding hydrogens is 180 g/mol. The molecule has 0 fully saturated rings. The van der Waals surface area contributed by atoms with E-state index in [1.165, 1.54) is 5.56 Å². The molecule has 1 aliphatic rings. The molecule has 0 radical (unpaired) electrons. The van der Waals surface area contributed by atoms with E-state index >= 15 is 0 Å². The highest BCUT2D eigenvalue weighted by atomic mass is 14.3. The fourth-order valence-corrected chi connectivity index (χ4v) is 2.18. The normalized spacial score (nSPS) is 24.0. The van der Waals surface area contributed by atoms with Gasteiger partial charge in [0.15, 0.2) is 0 Å². The molecule has 15 heavy (non-hydrogen) atoms. The first-order chi connectivity index (χ1) is 7.37. The first kappa shape index (κ1) is 9.97. The summed E-state index contributed by atoms with van der Waals surface area (Å²) in [6.45, 7) is 3.87. The molecule has 0 spiro atoms. The molecule has 0 heteroatoms. The minimum Gasteiger partial charge on any atom is -0.103 e. The van der Waals surface area contributed by atoms with Gasteiger partial charge in [-0.3, -0.25) is 0 Å². The molecule has 0 saturated carbocycles. The van der Waals surface area contributed by atoms with Crippen molar-refractivity contribution in [3.05, 3.63) is 72.9 Å². The van der Waals surface area contributed by atoms with Gasteiger partial charge in [0.25, 0.3) is 0 Å². The lowest BCUT2D eigenvalue weighted by atomic mass is 9.73. The summed E-state index contributed by atoms with van der Waals surface area (Å²) in [6.07, 6.45) is 12.9. The van der Waals surface area contributed by atoms with Crippen LogP contribution < -0.4 is 0 Å². The van der Waals surface area contributed by atoms with E-state index in [9.17, 15) is 0 Å². The second-order valence-corrected chi connectivity index (χ2v) is 4.01. The summed E-state index contributed by atoms with van der Waals surface area (Å²) in [5.41, 5.74) is 1.52. The average molecular weight is 196 g/mol. The van der Waals surface area contributed by atoms with Crippen LogP contribution in [0.1, 0.15) is 18.4 Å². The molecular formula is C15H16. The van der Waals surface area contributed by atoms with Crippen LogP contribution >= 0.6 is 0 Å². The lowest BCUT2D eigenvalue weighted by molar-refractivity contribution is 0.546. The summed E-state index contributed by atoms with van der Waals surface area (Å²) < 4.78 is 0. The van der Waals surface area contributed by atoms with E-state index in [0.29, 0.717) is 0 Å². The quantitative estimate of drug-likeness (QED) is 0.641. The minimum atomic E-state index is 0.137. The molecule has 0 saturated heterocycles. The molecule has 0 bridgehead atoms. The summed E-state index contributed by atoms with van der Waals surface area (Å²) in [7, 11) is 0. The largest absolute Gasteiger partial charge is 0.103 e. The Balaban J connectivity index is 2.39. The maximum Gasteiger partial charge on any atom is 0.0204 e. The summed E-state index contributed by atoms with van der Waals surface area (Å²) in [5.74, 6) is 0. The molecule has 0 heterocycles. The summed E-state index contributed by atoms with van der Waals surface area (Å²) in [5, 5.41) is 0. The van der Waals surface area contributed by atoms with Crippen LogP contribution in [0.4, 0.5) is 0 Å². The lowest BCUT2D eigenvalue weighted by Gasteiger charge is -2.30. The van der Waals surface area contributed by atoms with E-state index in [2.05, 4.69) is 61.2 Å². The highest BCUT2D eigenvalue weighted by Crippen LogP contribution is 2.36. The van der Waals surface area contributed by atoms with Crippen LogP contribution in [0.25, 0.3) is 0 Å². The highest BCUT2D eigenvalue weighted by Gasteiger charge is 2.27. The predicted octanol–water partition coefficient (Wildman–Crippen LogP) is 4.02. The summed E-state index contributed by atoms with van der Waals surface area (Å²) >= 11 is 0. The Hall–Kier alpha value is -1.56. The van der Waals surface area contributed by atoms with Crippen molar-refractivity contribution >= 4 is 0 Å². The van der Waals surface area contributed by atoms with Gasteiger partial charge in [-0.05, 0) is 18.4 Å². The lowest BCUT2D eigenvalue weighted by Crippen LogP contribution is -2.23. The molecule has 0 nitrogen and oxygen atoms in total. The first-order valence-electron chi connectivity index (χ1n) is 5.38. The van der Waals surface area contributed by atoms with Crippen LogP contribution in [-0.4, -0.2) is 0 Å². The van der Waals surface area contributed by atoms with Crippen molar-refractivity contribution in [3.8, 4) is 0 Å². The van der Waals surface area contributed by atoms with Gasteiger partial charge in [0.05, 0.1) is 0 Å². The summed E-state index contributed by atoms with van der Waals surface area (Å²) in [4.78, 5) is 0. The highest BCUT2D eigenvalue weighted by molar-refractivity contribution is 5.36. The van der Waals surface area contributed by atoms with Gasteiger partial charge in [0, 0.05) is 5.41 Å². The van der Waals surface area contributed by atoms with Gasteiger partial charge in [-0.2, -0.15) is 0 Å². The van der Waals surface area contributed by atoms with Crippen molar-refractivity contribution in [1.82, 2.24) is 0 Å². The van der Waals surface area contributed by atoms with Crippen molar-refractivity contribution in [2.24, 2.45) is 0 Å². The third kappa shape index (κ3) is 1.94. The molecule has 1 aromatic rings. The molecule has 0 amide bonds. The number of hydrogen-bond donors (Lipinski definition) is 0. The molecule has 0 N–H and O–H groups in total. The third-order valence-electron chi connectivity index (χ3n) is 3.00. The van der Waals surface area contributed by atoms with Crippen LogP contribution in [-0.2, 0) is 5.41 Å². The minimum absolute atomic E-state index is 0.137. The Morgan fingerprint density at radius 3 is 2.60 bits per heavy atom. The van der Waals surface area contributed by atoms with Crippen molar-refractivity contribution in [3.63, 3.8) is 0 Å². The van der Waals surface area contributed by atoms with E-state index in [-0.39, 0.29) is 5.41 Å². The van der Waals surface area contributed by atoms with Crippen molar-refractivity contribution in [1.29, 1.82) is 0 Å². The smallest absolute Gasteiger partial charge is 0.0204 e. The standard InChI is InChI=1S/C15H16/c1-2-11-15(12-7-4-8-13-15)14-9-5-3-6-10-14/h2-10,12H,1,11,13H2. The van der Waals surface area contributed by atoms with E-state index < -0.39 is 0 Å². The van der Waals surface area contributed by atoms with E-state index in [4.69, 9.17) is 0 Å². The zero-order valence-electron chi connectivity index (χ0n) is 8.89. The van der Waals surface area contributed by atoms with E-state index in [1.807, 2.05) is 6.08 Å². The molecule has 0 aromatic heterocycles. The second kappa shape index (κ2) is 4.31. The second-order valence-electron chi connectivity index (χ2n) is 4.01. The monoisotopic (exact) mass is 196 g/mol. The van der Waals surface area contributed by atoms with Gasteiger partial charge in [-0.15, -0.1) is 6.58 Å². The Kier molecular flexibility index (Phi) is 2.86. The third-order valence-corrected chi connectivity index (χ3v) is 3.00. The zero-order chi connectivity index (χ0) is 10.6. The maximum absolute atomic E-state index is 3.87. The number of rotatable bonds is 3. The molecule has 1 aliphatic carbocycles. The van der Waals surface area contributed by atoms with Crippen LogP contribution in [0.3, 0.4) is 0 Å². The Labute approximate surface area is 91.6 Å². The Morgan fingerprint density at radius 1 is 1.20 bits per heavy atom. The van der Waals surface area contributed by atoms with Gasteiger partial charge in [0.2, 0.25) is 0 Å². The predicted molar refractivity (Wildman–Crippen MR) is 65.8 cm³/mol. The van der Waals surface area contributed by atoms with E-state index in [1.54, 1.807) is 0 Å². The number of allylic oxidation sites excluding steroid dienone is 5. The Morgan fingerprint density at radius 2 is 2.00 bits per heavy atom. The molecule has 1 aromatic carbocycles. The summed E-state index contributed by atoms with van der Waals surface area (Å²) in [6, 6.07) is 10.7. The van der Waals surface area contributed by atoms with Gasteiger partial charge in [0.1, 0.15) is 0 Å². The topological polar surface area (TPSA) is 0 Å². The first-order valence-corrected chi connectivity index (χ1v) is 5.38. The molecule has 2 rings (SSSR count). The van der Waals surface area contributed by atoms with Gasteiger partial charge in [-0.1, -0.05) is 60.7 Å². The fraction of sp³-hybridized carbons (Fsp3) is 0.200. The number of benzene rings is 1. The fourth-order valence-electron chi connectivity index (χ4n) is 2.18. The SMILES string of the molecule is C=CCC1(c2ccccc2)C=CC=CC1. The maximum atomic E-state index is 3.87. The average Bonchev–Trinajstić information content (AvgIpc) is 2.32. The van der Waals surface area contributed by atoms with Gasteiger partial charge >= 0.3 is 0 Å². The van der Waals surface area contributed by atoms with Crippen LogP contribution in [0.15, 0.2) is 67.3 Å². The zero-order valence-corrected chi connectivity index (χ0v) is 8.89. The van der Waals surface area contributed by atoms with Crippen LogP contribution in [0.2, 0.25) is 0 Å². The number of hydrogen-bond acceptors (Lipinski definition) is 0. The van der Waals surface area contributed by atoms with Crippen LogP contribution in [0, 0.1) is 0 Å². The molecule has 0 aliphatic heterocycles. The molecule has 76 valence electrons. The van der Waals surface area contributed by atoms with Crippen molar-refractivity contribution < 1.29 is 0 Å². The Bertz CT molecular complexity index is 380. The van der Waals surface area contributed by atoms with E-state index in [0.717, 1.165) is 12.8 Å². The molecule has 1 atom stereocenters. The van der Waals surface area contributed by atoms with Gasteiger partial charge < -0.3 is 0 Å². The van der Waals surface area contributed by atoms with Crippen molar-refractivity contribution in [2.75, 3.05) is 0 Å². The van der Waals surface area contributed by atoms with Crippen LogP contribution in [0.5, 0.6) is 0 Å². The van der Waals surface area contributed by atoms with Gasteiger partial charge in [-0.25, -0.2) is 0 Å². The van der Waals surface area contributed by atoms with Crippen molar-refractivity contribution in [2.45, 2.75) is 18.3 Å².